The zero-order valence-electron chi connectivity index (χ0n) is 16.6. The van der Waals surface area contributed by atoms with Crippen molar-refractivity contribution < 1.29 is 4.79 Å². The molecule has 0 fully saturated rings. The van der Waals surface area contributed by atoms with Crippen molar-refractivity contribution in [2.45, 2.75) is 33.6 Å². The molecule has 28 heavy (non-hydrogen) atoms. The Balaban J connectivity index is 1.60. The van der Waals surface area contributed by atoms with Crippen molar-refractivity contribution in [1.82, 2.24) is 9.97 Å². The molecule has 2 aromatic carbocycles. The predicted octanol–water partition coefficient (Wildman–Crippen LogP) is 4.70. The Morgan fingerprint density at radius 3 is 2.46 bits per heavy atom. The first-order chi connectivity index (χ1) is 13.5. The highest BCUT2D eigenvalue weighted by atomic mass is 16.1. The molecule has 0 aliphatic carbocycles. The monoisotopic (exact) mass is 374 g/mol. The molecule has 3 rings (SSSR count). The molecule has 144 valence electrons. The fourth-order valence-electron chi connectivity index (χ4n) is 2.94. The lowest BCUT2D eigenvalue weighted by atomic mass is 10.1. The van der Waals surface area contributed by atoms with Gasteiger partial charge in [-0.1, -0.05) is 36.4 Å². The van der Waals surface area contributed by atoms with Crippen LogP contribution in [-0.2, 0) is 6.42 Å². The summed E-state index contributed by atoms with van der Waals surface area (Å²) in [6, 6.07) is 17.9. The second kappa shape index (κ2) is 9.13. The number of anilines is 2. The van der Waals surface area contributed by atoms with E-state index in [0.717, 1.165) is 30.6 Å². The van der Waals surface area contributed by atoms with Crippen molar-refractivity contribution in [3.8, 4) is 0 Å². The highest BCUT2D eigenvalue weighted by Crippen LogP contribution is 2.16. The number of nitrogens with one attached hydrogen (secondary N) is 2. The fraction of sp³-hybridized carbons (Fsp3) is 0.261. The summed E-state index contributed by atoms with van der Waals surface area (Å²) in [7, 11) is 0. The van der Waals surface area contributed by atoms with Crippen molar-refractivity contribution in [3.63, 3.8) is 0 Å². The summed E-state index contributed by atoms with van der Waals surface area (Å²) in [5, 5.41) is 6.21. The summed E-state index contributed by atoms with van der Waals surface area (Å²) in [5.74, 6) is 1.00. The number of aryl methyl sites for hydroxylation is 4. The van der Waals surface area contributed by atoms with E-state index in [4.69, 9.17) is 0 Å². The van der Waals surface area contributed by atoms with Gasteiger partial charge in [0.2, 0.25) is 0 Å². The van der Waals surface area contributed by atoms with Gasteiger partial charge >= 0.3 is 0 Å². The van der Waals surface area contributed by atoms with Gasteiger partial charge in [-0.2, -0.15) is 0 Å². The van der Waals surface area contributed by atoms with Crippen molar-refractivity contribution in [1.29, 1.82) is 0 Å². The Labute approximate surface area is 166 Å². The third-order valence-corrected chi connectivity index (χ3v) is 4.63. The first-order valence-corrected chi connectivity index (χ1v) is 9.53. The molecule has 0 saturated carbocycles. The highest BCUT2D eigenvalue weighted by Gasteiger charge is 2.11. The topological polar surface area (TPSA) is 66.9 Å². The third kappa shape index (κ3) is 5.39. The largest absolute Gasteiger partial charge is 0.370 e. The number of nitrogens with zero attached hydrogens (tertiary/aromatic N) is 2. The van der Waals surface area contributed by atoms with Crippen LogP contribution in [-0.4, -0.2) is 22.4 Å². The summed E-state index contributed by atoms with van der Waals surface area (Å²) < 4.78 is 0. The molecule has 0 unspecified atom stereocenters. The Kier molecular flexibility index (Phi) is 6.37. The van der Waals surface area contributed by atoms with Gasteiger partial charge in [0.1, 0.15) is 17.3 Å². The van der Waals surface area contributed by atoms with E-state index < -0.39 is 0 Å². The maximum atomic E-state index is 12.6. The minimum Gasteiger partial charge on any atom is -0.370 e. The lowest BCUT2D eigenvalue weighted by Gasteiger charge is -2.10. The van der Waals surface area contributed by atoms with Gasteiger partial charge in [-0.3, -0.25) is 4.79 Å². The molecule has 0 bridgehead atoms. The number of aromatic nitrogens is 2. The molecule has 0 aliphatic heterocycles. The lowest BCUT2D eigenvalue weighted by molar-refractivity contribution is 0.102. The summed E-state index contributed by atoms with van der Waals surface area (Å²) >= 11 is 0. The molecule has 3 aromatic rings. The smallest absolute Gasteiger partial charge is 0.274 e. The number of rotatable bonds is 7. The van der Waals surface area contributed by atoms with Gasteiger partial charge in [-0.15, -0.1) is 0 Å². The van der Waals surface area contributed by atoms with E-state index >= 15 is 0 Å². The van der Waals surface area contributed by atoms with Gasteiger partial charge in [-0.25, -0.2) is 9.97 Å². The van der Waals surface area contributed by atoms with Crippen molar-refractivity contribution in [2.24, 2.45) is 0 Å². The number of hydrogen-bond acceptors (Lipinski definition) is 4. The molecule has 1 heterocycles. The van der Waals surface area contributed by atoms with Crippen molar-refractivity contribution >= 4 is 17.4 Å². The summed E-state index contributed by atoms with van der Waals surface area (Å²) in [6.07, 6.45) is 1.98. The van der Waals surface area contributed by atoms with Crippen LogP contribution in [0.5, 0.6) is 0 Å². The van der Waals surface area contributed by atoms with Gasteiger partial charge < -0.3 is 10.6 Å². The van der Waals surface area contributed by atoms with Crippen LogP contribution in [0.3, 0.4) is 0 Å². The van der Waals surface area contributed by atoms with E-state index in [0.29, 0.717) is 17.3 Å². The zero-order valence-corrected chi connectivity index (χ0v) is 16.6. The van der Waals surface area contributed by atoms with Gasteiger partial charge in [0.15, 0.2) is 0 Å². The molecule has 0 atom stereocenters. The van der Waals surface area contributed by atoms with Gasteiger partial charge in [-0.05, 0) is 62.4 Å². The average Bonchev–Trinajstić information content (AvgIpc) is 2.68. The minimum atomic E-state index is -0.235. The van der Waals surface area contributed by atoms with E-state index in [1.54, 1.807) is 13.0 Å². The first kappa shape index (κ1) is 19.5. The van der Waals surface area contributed by atoms with Crippen LogP contribution in [0.2, 0.25) is 0 Å². The third-order valence-electron chi connectivity index (χ3n) is 4.63. The predicted molar refractivity (Wildman–Crippen MR) is 114 cm³/mol. The quantitative estimate of drug-likeness (QED) is 0.588. The maximum absolute atomic E-state index is 12.6. The molecular formula is C23H26N4O. The van der Waals surface area contributed by atoms with Crippen LogP contribution < -0.4 is 10.6 Å². The SMILES string of the molecule is Cc1nc(NCCCc2ccccc2)cc(C(=O)Nc2ccc(C)c(C)c2)n1. The standard InChI is InChI=1S/C23H26N4O/c1-16-11-12-20(14-17(16)2)27-23(28)21-15-22(26-18(3)25-21)24-13-7-10-19-8-5-4-6-9-19/h4-6,8-9,11-12,14-15H,7,10,13H2,1-3H3,(H,27,28)(H,24,25,26). The normalized spacial score (nSPS) is 10.5. The first-order valence-electron chi connectivity index (χ1n) is 9.53. The number of carbonyl (C=O) groups excluding carboxylic acids is 1. The van der Waals surface area contributed by atoms with E-state index in [9.17, 15) is 4.79 Å². The van der Waals surface area contributed by atoms with E-state index in [-0.39, 0.29) is 5.91 Å². The minimum absolute atomic E-state index is 0.235. The number of hydrogen-bond donors (Lipinski definition) is 2. The Hall–Kier alpha value is -3.21. The maximum Gasteiger partial charge on any atom is 0.274 e. The fourth-order valence-corrected chi connectivity index (χ4v) is 2.94. The molecule has 0 saturated heterocycles. The Bertz CT molecular complexity index is 954. The number of carbonyl (C=O) groups is 1. The van der Waals surface area contributed by atoms with E-state index in [1.807, 2.05) is 38.1 Å². The molecule has 2 N–H and O–H groups in total. The van der Waals surface area contributed by atoms with Crippen LogP contribution in [0.1, 0.15) is 39.4 Å². The highest BCUT2D eigenvalue weighted by molar-refractivity contribution is 6.03. The van der Waals surface area contributed by atoms with Crippen LogP contribution in [0, 0.1) is 20.8 Å². The van der Waals surface area contributed by atoms with E-state index in [1.165, 1.54) is 11.1 Å². The van der Waals surface area contributed by atoms with Gasteiger partial charge in [0.25, 0.3) is 5.91 Å². The van der Waals surface area contributed by atoms with Crippen LogP contribution >= 0.6 is 0 Å². The van der Waals surface area contributed by atoms with Gasteiger partial charge in [0, 0.05) is 18.3 Å². The van der Waals surface area contributed by atoms with Crippen molar-refractivity contribution in [2.75, 3.05) is 17.2 Å². The molecule has 1 aromatic heterocycles. The Morgan fingerprint density at radius 2 is 1.71 bits per heavy atom. The molecule has 5 nitrogen and oxygen atoms in total. The molecule has 0 aliphatic rings. The van der Waals surface area contributed by atoms with Crippen LogP contribution in [0.4, 0.5) is 11.5 Å². The second-order valence-corrected chi connectivity index (χ2v) is 6.95. The summed E-state index contributed by atoms with van der Waals surface area (Å²) in [6.45, 7) is 6.65. The van der Waals surface area contributed by atoms with Crippen molar-refractivity contribution in [3.05, 3.63) is 82.8 Å². The Morgan fingerprint density at radius 1 is 0.929 bits per heavy atom. The molecule has 5 heteroatoms. The summed E-state index contributed by atoms with van der Waals surface area (Å²) in [4.78, 5) is 21.3. The number of amides is 1. The molecular weight excluding hydrogens is 348 g/mol. The van der Waals surface area contributed by atoms with Crippen LogP contribution in [0.15, 0.2) is 54.6 Å². The van der Waals surface area contributed by atoms with E-state index in [2.05, 4.69) is 44.9 Å². The molecule has 1 amide bonds. The average molecular weight is 374 g/mol. The zero-order chi connectivity index (χ0) is 19.9. The molecule has 0 radical (unpaired) electrons. The second-order valence-electron chi connectivity index (χ2n) is 6.95. The van der Waals surface area contributed by atoms with Crippen LogP contribution in [0.25, 0.3) is 0 Å². The molecule has 0 spiro atoms. The lowest BCUT2D eigenvalue weighted by Crippen LogP contribution is -2.16. The van der Waals surface area contributed by atoms with Gasteiger partial charge in [0.05, 0.1) is 0 Å². The number of benzene rings is 2. The summed E-state index contributed by atoms with van der Waals surface area (Å²) in [5.41, 5.74) is 4.77.